The van der Waals surface area contributed by atoms with Crippen molar-refractivity contribution in [3.05, 3.63) is 0 Å². The lowest BCUT2D eigenvalue weighted by Crippen LogP contribution is -2.43. The van der Waals surface area contributed by atoms with E-state index < -0.39 is 0 Å². The molecule has 0 spiro atoms. The van der Waals surface area contributed by atoms with E-state index in [0.717, 1.165) is 32.4 Å². The van der Waals surface area contributed by atoms with Gasteiger partial charge in [-0.05, 0) is 45.1 Å². The summed E-state index contributed by atoms with van der Waals surface area (Å²) in [6.45, 7) is 8.42. The molecule has 1 amide bonds. The topological polar surface area (TPSA) is 41.1 Å². The van der Waals surface area contributed by atoms with Gasteiger partial charge >= 0.3 is 0 Å². The summed E-state index contributed by atoms with van der Waals surface area (Å²) in [6, 6.07) is 0.643. The van der Waals surface area contributed by atoms with Gasteiger partial charge in [-0.25, -0.2) is 0 Å². The number of hydrogen-bond acceptors (Lipinski definition) is 2. The van der Waals surface area contributed by atoms with Crippen LogP contribution in [0.1, 0.15) is 59.3 Å². The van der Waals surface area contributed by atoms with E-state index in [1.165, 1.54) is 19.3 Å². The van der Waals surface area contributed by atoms with Crippen molar-refractivity contribution in [2.75, 3.05) is 13.1 Å². The van der Waals surface area contributed by atoms with Crippen LogP contribution in [0, 0.1) is 11.8 Å². The Kier molecular flexibility index (Phi) is 7.33. The van der Waals surface area contributed by atoms with Gasteiger partial charge in [0.25, 0.3) is 0 Å². The maximum atomic E-state index is 12.1. The average Bonchev–Trinajstić information content (AvgIpc) is 2.39. The summed E-state index contributed by atoms with van der Waals surface area (Å²) in [5.41, 5.74) is 0. The Balaban J connectivity index is 2.22. The molecule has 0 aromatic carbocycles. The first-order valence-corrected chi connectivity index (χ1v) is 7.68. The molecule has 3 nitrogen and oxygen atoms in total. The molecular weight excluding hydrogens is 224 g/mol. The molecule has 1 aliphatic heterocycles. The predicted octanol–water partition coefficient (Wildman–Crippen LogP) is 2.71. The van der Waals surface area contributed by atoms with Gasteiger partial charge in [-0.3, -0.25) is 4.79 Å². The normalized spacial score (nSPS) is 25.7. The summed E-state index contributed by atoms with van der Waals surface area (Å²) in [7, 11) is 0. The summed E-state index contributed by atoms with van der Waals surface area (Å²) in [6.07, 6.45) is 6.81. The van der Waals surface area contributed by atoms with Crippen LogP contribution in [0.5, 0.6) is 0 Å². The van der Waals surface area contributed by atoms with Crippen molar-refractivity contribution in [1.82, 2.24) is 10.6 Å². The predicted molar refractivity (Wildman–Crippen MR) is 76.5 cm³/mol. The zero-order valence-corrected chi connectivity index (χ0v) is 12.3. The van der Waals surface area contributed by atoms with Gasteiger partial charge in [0, 0.05) is 18.5 Å². The molecule has 18 heavy (non-hydrogen) atoms. The minimum atomic E-state index is 0.223. The van der Waals surface area contributed by atoms with Gasteiger partial charge in [-0.2, -0.15) is 0 Å². The van der Waals surface area contributed by atoms with Crippen molar-refractivity contribution < 1.29 is 4.79 Å². The fourth-order valence-electron chi connectivity index (χ4n) is 2.59. The molecule has 0 aliphatic carbocycles. The summed E-state index contributed by atoms with van der Waals surface area (Å²) in [5.74, 6) is 1.11. The second kappa shape index (κ2) is 8.52. The first kappa shape index (κ1) is 15.5. The number of carbonyl (C=O) groups is 1. The van der Waals surface area contributed by atoms with Gasteiger partial charge in [0.1, 0.15) is 0 Å². The minimum Gasteiger partial charge on any atom is -0.356 e. The molecule has 1 fully saturated rings. The van der Waals surface area contributed by atoms with Crippen LogP contribution in [0.4, 0.5) is 0 Å². The second-order valence-corrected chi connectivity index (χ2v) is 5.75. The van der Waals surface area contributed by atoms with Crippen molar-refractivity contribution in [2.24, 2.45) is 11.8 Å². The Morgan fingerprint density at radius 1 is 1.39 bits per heavy atom. The van der Waals surface area contributed by atoms with E-state index in [2.05, 4.69) is 31.4 Å². The van der Waals surface area contributed by atoms with Gasteiger partial charge in [0.15, 0.2) is 0 Å². The lowest BCUT2D eigenvalue weighted by molar-refractivity contribution is -0.125. The number of carbonyl (C=O) groups excluding carboxylic acids is 1. The van der Waals surface area contributed by atoms with Crippen LogP contribution < -0.4 is 10.6 Å². The van der Waals surface area contributed by atoms with Crippen molar-refractivity contribution in [3.63, 3.8) is 0 Å². The number of hydrogen-bond donors (Lipinski definition) is 2. The van der Waals surface area contributed by atoms with Crippen molar-refractivity contribution in [3.8, 4) is 0 Å². The van der Waals surface area contributed by atoms with Crippen LogP contribution in [-0.4, -0.2) is 25.0 Å². The highest BCUT2D eigenvalue weighted by atomic mass is 16.1. The Morgan fingerprint density at radius 3 is 2.72 bits per heavy atom. The summed E-state index contributed by atoms with van der Waals surface area (Å²) >= 11 is 0. The zero-order valence-electron chi connectivity index (χ0n) is 12.3. The number of nitrogens with one attached hydrogen (secondary N) is 2. The molecule has 1 aliphatic rings. The van der Waals surface area contributed by atoms with Gasteiger partial charge in [0.2, 0.25) is 5.91 Å². The van der Waals surface area contributed by atoms with Crippen LogP contribution in [0.2, 0.25) is 0 Å². The molecule has 3 unspecified atom stereocenters. The van der Waals surface area contributed by atoms with Gasteiger partial charge in [-0.1, -0.05) is 26.7 Å². The van der Waals surface area contributed by atoms with Crippen LogP contribution in [0.15, 0.2) is 0 Å². The molecule has 0 aromatic rings. The zero-order chi connectivity index (χ0) is 13.4. The van der Waals surface area contributed by atoms with Crippen molar-refractivity contribution >= 4 is 5.91 Å². The molecule has 0 radical (unpaired) electrons. The molecule has 2 N–H and O–H groups in total. The molecule has 0 saturated carbocycles. The fourth-order valence-corrected chi connectivity index (χ4v) is 2.59. The molecule has 1 heterocycles. The molecule has 106 valence electrons. The highest BCUT2D eigenvalue weighted by molar-refractivity contribution is 5.78. The van der Waals surface area contributed by atoms with E-state index in [4.69, 9.17) is 0 Å². The minimum absolute atomic E-state index is 0.223. The van der Waals surface area contributed by atoms with Crippen molar-refractivity contribution in [2.45, 2.75) is 65.3 Å². The highest BCUT2D eigenvalue weighted by Gasteiger charge is 2.20. The van der Waals surface area contributed by atoms with E-state index in [1.807, 2.05) is 0 Å². The second-order valence-electron chi connectivity index (χ2n) is 5.75. The third kappa shape index (κ3) is 5.38. The maximum Gasteiger partial charge on any atom is 0.223 e. The standard InChI is InChI=1S/C15H30N2O/c1-4-6-7-14(5-2)15(18)17-11-13-9-8-12(3)16-10-13/h12-14,16H,4-11H2,1-3H3,(H,17,18). The SMILES string of the molecule is CCCCC(CC)C(=O)NCC1CCC(C)NC1. The molecule has 3 atom stereocenters. The lowest BCUT2D eigenvalue weighted by atomic mass is 9.94. The van der Waals surface area contributed by atoms with Crippen LogP contribution in [-0.2, 0) is 4.79 Å². The van der Waals surface area contributed by atoms with Crippen LogP contribution in [0.25, 0.3) is 0 Å². The average molecular weight is 254 g/mol. The molecule has 0 bridgehead atoms. The Morgan fingerprint density at radius 2 is 2.17 bits per heavy atom. The van der Waals surface area contributed by atoms with Gasteiger partial charge in [0.05, 0.1) is 0 Å². The Hall–Kier alpha value is -0.570. The van der Waals surface area contributed by atoms with E-state index >= 15 is 0 Å². The van der Waals surface area contributed by atoms with E-state index in [-0.39, 0.29) is 11.8 Å². The first-order chi connectivity index (χ1) is 8.67. The molecular formula is C15H30N2O. The monoisotopic (exact) mass is 254 g/mol. The largest absolute Gasteiger partial charge is 0.356 e. The fraction of sp³-hybridized carbons (Fsp3) is 0.933. The molecule has 1 rings (SSSR count). The highest BCUT2D eigenvalue weighted by Crippen LogP contribution is 2.15. The molecule has 1 saturated heterocycles. The third-order valence-electron chi connectivity index (χ3n) is 4.10. The van der Waals surface area contributed by atoms with Crippen LogP contribution >= 0.6 is 0 Å². The lowest BCUT2D eigenvalue weighted by Gasteiger charge is -2.28. The van der Waals surface area contributed by atoms with E-state index in [0.29, 0.717) is 12.0 Å². The summed E-state index contributed by atoms with van der Waals surface area (Å²) in [5, 5.41) is 6.63. The van der Waals surface area contributed by atoms with Gasteiger partial charge < -0.3 is 10.6 Å². The van der Waals surface area contributed by atoms with E-state index in [9.17, 15) is 4.79 Å². The van der Waals surface area contributed by atoms with Crippen molar-refractivity contribution in [1.29, 1.82) is 0 Å². The molecule has 0 aromatic heterocycles. The number of unbranched alkanes of at least 4 members (excludes halogenated alkanes) is 1. The number of amides is 1. The first-order valence-electron chi connectivity index (χ1n) is 7.68. The van der Waals surface area contributed by atoms with Crippen LogP contribution in [0.3, 0.4) is 0 Å². The summed E-state index contributed by atoms with van der Waals surface area (Å²) in [4.78, 5) is 12.1. The Labute approximate surface area is 112 Å². The van der Waals surface area contributed by atoms with E-state index in [1.54, 1.807) is 0 Å². The van der Waals surface area contributed by atoms with Gasteiger partial charge in [-0.15, -0.1) is 0 Å². The number of rotatable bonds is 7. The maximum absolute atomic E-state index is 12.1. The smallest absolute Gasteiger partial charge is 0.223 e. The quantitative estimate of drug-likeness (QED) is 0.733. The summed E-state index contributed by atoms with van der Waals surface area (Å²) < 4.78 is 0. The molecule has 3 heteroatoms. The third-order valence-corrected chi connectivity index (χ3v) is 4.10. The number of piperidine rings is 1. The Bertz CT molecular complexity index is 235.